The van der Waals surface area contributed by atoms with Gasteiger partial charge in [0.05, 0.1) is 0 Å². The van der Waals surface area contributed by atoms with Crippen LogP contribution in [-0.2, 0) is 11.2 Å². The van der Waals surface area contributed by atoms with E-state index >= 15 is 0 Å². The summed E-state index contributed by atoms with van der Waals surface area (Å²) in [5.74, 6) is 1.40. The van der Waals surface area contributed by atoms with Gasteiger partial charge in [0.1, 0.15) is 13.2 Å². The summed E-state index contributed by atoms with van der Waals surface area (Å²) < 4.78 is 11.0. The highest BCUT2D eigenvalue weighted by atomic mass is 16.6. The van der Waals surface area contributed by atoms with Gasteiger partial charge in [0.25, 0.3) is 0 Å². The minimum Gasteiger partial charge on any atom is -0.486 e. The average Bonchev–Trinajstić information content (AvgIpc) is 2.66. The Morgan fingerprint density at radius 3 is 2.46 bits per heavy atom. The van der Waals surface area contributed by atoms with E-state index in [2.05, 4.69) is 5.32 Å². The van der Waals surface area contributed by atoms with Gasteiger partial charge in [0.15, 0.2) is 17.3 Å². The van der Waals surface area contributed by atoms with Gasteiger partial charge in [-0.2, -0.15) is 0 Å². The summed E-state index contributed by atoms with van der Waals surface area (Å²) in [7, 11) is 0. The fraction of sp³-hybridized carbons (Fsp3) is 0.333. The monoisotopic (exact) mass is 353 g/mol. The van der Waals surface area contributed by atoms with Crippen LogP contribution in [-0.4, -0.2) is 31.4 Å². The van der Waals surface area contributed by atoms with Crippen molar-refractivity contribution in [2.45, 2.75) is 26.2 Å². The minimum atomic E-state index is -0.108. The number of amides is 1. The summed E-state index contributed by atoms with van der Waals surface area (Å²) in [5.41, 5.74) is 2.84. The van der Waals surface area contributed by atoms with Crippen LogP contribution in [0.2, 0.25) is 0 Å². The van der Waals surface area contributed by atoms with Gasteiger partial charge < -0.3 is 14.8 Å². The second kappa shape index (κ2) is 8.52. The van der Waals surface area contributed by atoms with E-state index in [9.17, 15) is 9.59 Å². The number of carbonyl (C=O) groups is 2. The average molecular weight is 353 g/mol. The maximum absolute atomic E-state index is 12.1. The molecule has 0 bridgehead atoms. The maximum Gasteiger partial charge on any atom is 0.220 e. The summed E-state index contributed by atoms with van der Waals surface area (Å²) in [5, 5.41) is 2.86. The van der Waals surface area contributed by atoms with E-state index in [-0.39, 0.29) is 24.5 Å². The molecule has 136 valence electrons. The molecule has 2 aromatic carbocycles. The summed E-state index contributed by atoms with van der Waals surface area (Å²) in [6.45, 7) is 3.63. The Balaban J connectivity index is 1.40. The summed E-state index contributed by atoms with van der Waals surface area (Å²) >= 11 is 0. The molecule has 1 aliphatic rings. The van der Waals surface area contributed by atoms with Crippen LogP contribution in [0, 0.1) is 6.92 Å². The van der Waals surface area contributed by atoms with Crippen molar-refractivity contribution in [2.75, 3.05) is 19.8 Å². The molecule has 1 aliphatic heterocycles. The van der Waals surface area contributed by atoms with Gasteiger partial charge in [-0.1, -0.05) is 35.9 Å². The van der Waals surface area contributed by atoms with Crippen molar-refractivity contribution in [3.63, 3.8) is 0 Å². The highest BCUT2D eigenvalue weighted by Gasteiger charge is 2.12. The predicted octanol–water partition coefficient (Wildman–Crippen LogP) is 3.09. The molecule has 0 aliphatic carbocycles. The number of rotatable bonds is 7. The van der Waals surface area contributed by atoms with E-state index < -0.39 is 0 Å². The SMILES string of the molecule is Cc1ccc(C(=O)CCC(=O)NCCc2ccc3c(c2)OCCO3)cc1. The Bertz CT molecular complexity index is 783. The summed E-state index contributed by atoms with van der Waals surface area (Å²) in [4.78, 5) is 24.0. The Kier molecular flexibility index (Phi) is 5.89. The molecule has 0 aromatic heterocycles. The third-order valence-electron chi connectivity index (χ3n) is 4.30. The molecule has 0 atom stereocenters. The summed E-state index contributed by atoms with van der Waals surface area (Å²) in [6.07, 6.45) is 1.13. The van der Waals surface area contributed by atoms with Crippen molar-refractivity contribution < 1.29 is 19.1 Å². The number of Topliss-reactive ketones (excluding diaryl/α,β-unsaturated/α-hetero) is 1. The molecule has 0 saturated carbocycles. The number of ketones is 1. The number of carbonyl (C=O) groups excluding carboxylic acids is 2. The first kappa shape index (κ1) is 18.0. The molecule has 0 saturated heterocycles. The standard InChI is InChI=1S/C21H23NO4/c1-15-2-5-17(6-3-15)18(23)7-9-21(24)22-11-10-16-4-8-19-20(14-16)26-13-12-25-19/h2-6,8,14H,7,9-13H2,1H3,(H,22,24). The molecule has 26 heavy (non-hydrogen) atoms. The Morgan fingerprint density at radius 2 is 1.69 bits per heavy atom. The first-order chi connectivity index (χ1) is 12.6. The Hall–Kier alpha value is -2.82. The molecule has 1 amide bonds. The van der Waals surface area contributed by atoms with Crippen molar-refractivity contribution in [1.29, 1.82) is 0 Å². The Labute approximate surface area is 153 Å². The molecule has 3 rings (SSSR count). The zero-order valence-corrected chi connectivity index (χ0v) is 14.9. The first-order valence-electron chi connectivity index (χ1n) is 8.87. The molecule has 0 spiro atoms. The van der Waals surface area contributed by atoms with Crippen LogP contribution in [0.3, 0.4) is 0 Å². The molecular formula is C21H23NO4. The number of ether oxygens (including phenoxy) is 2. The smallest absolute Gasteiger partial charge is 0.220 e. The quantitative estimate of drug-likeness (QED) is 0.777. The fourth-order valence-electron chi connectivity index (χ4n) is 2.79. The number of fused-ring (bicyclic) bond motifs is 1. The van der Waals surface area contributed by atoms with Crippen LogP contribution in [0.1, 0.15) is 34.3 Å². The van der Waals surface area contributed by atoms with E-state index in [1.807, 2.05) is 37.3 Å². The lowest BCUT2D eigenvalue weighted by atomic mass is 10.0. The van der Waals surface area contributed by atoms with Gasteiger partial charge in [-0.25, -0.2) is 0 Å². The molecule has 1 heterocycles. The summed E-state index contributed by atoms with van der Waals surface area (Å²) in [6, 6.07) is 13.2. The Morgan fingerprint density at radius 1 is 0.962 bits per heavy atom. The molecule has 5 nitrogen and oxygen atoms in total. The van der Waals surface area contributed by atoms with Crippen molar-refractivity contribution >= 4 is 11.7 Å². The van der Waals surface area contributed by atoms with E-state index in [1.165, 1.54) is 0 Å². The lowest BCUT2D eigenvalue weighted by Crippen LogP contribution is -2.26. The molecule has 5 heteroatoms. The zero-order valence-electron chi connectivity index (χ0n) is 14.9. The van der Waals surface area contributed by atoms with Crippen LogP contribution < -0.4 is 14.8 Å². The fourth-order valence-corrected chi connectivity index (χ4v) is 2.79. The number of nitrogens with one attached hydrogen (secondary N) is 1. The third kappa shape index (κ3) is 4.85. The number of hydrogen-bond donors (Lipinski definition) is 1. The van der Waals surface area contributed by atoms with Crippen molar-refractivity contribution in [3.8, 4) is 11.5 Å². The predicted molar refractivity (Wildman–Crippen MR) is 98.9 cm³/mol. The maximum atomic E-state index is 12.1. The number of benzene rings is 2. The van der Waals surface area contributed by atoms with Gasteiger partial charge in [0, 0.05) is 24.9 Å². The van der Waals surface area contributed by atoms with Crippen LogP contribution in [0.5, 0.6) is 11.5 Å². The second-order valence-corrected chi connectivity index (χ2v) is 6.37. The molecule has 0 unspecified atom stereocenters. The van der Waals surface area contributed by atoms with Gasteiger partial charge >= 0.3 is 0 Å². The van der Waals surface area contributed by atoms with E-state index in [1.54, 1.807) is 12.1 Å². The molecule has 0 radical (unpaired) electrons. The first-order valence-corrected chi connectivity index (χ1v) is 8.87. The number of aryl methyl sites for hydroxylation is 1. The van der Waals surface area contributed by atoms with E-state index in [0.717, 1.165) is 22.6 Å². The van der Waals surface area contributed by atoms with Crippen LogP contribution >= 0.6 is 0 Å². The third-order valence-corrected chi connectivity index (χ3v) is 4.30. The van der Waals surface area contributed by atoms with Crippen LogP contribution in [0.15, 0.2) is 42.5 Å². The molecule has 0 fully saturated rings. The molecule has 1 N–H and O–H groups in total. The van der Waals surface area contributed by atoms with Crippen LogP contribution in [0.4, 0.5) is 0 Å². The van der Waals surface area contributed by atoms with Gasteiger partial charge in [-0.15, -0.1) is 0 Å². The van der Waals surface area contributed by atoms with Crippen LogP contribution in [0.25, 0.3) is 0 Å². The largest absolute Gasteiger partial charge is 0.486 e. The van der Waals surface area contributed by atoms with E-state index in [4.69, 9.17) is 9.47 Å². The normalized spacial score (nSPS) is 12.5. The number of hydrogen-bond acceptors (Lipinski definition) is 4. The van der Waals surface area contributed by atoms with Crippen molar-refractivity contribution in [3.05, 3.63) is 59.2 Å². The second-order valence-electron chi connectivity index (χ2n) is 6.37. The minimum absolute atomic E-state index is 0.00742. The lowest BCUT2D eigenvalue weighted by molar-refractivity contribution is -0.121. The zero-order chi connectivity index (χ0) is 18.4. The van der Waals surface area contributed by atoms with Gasteiger partial charge in [-0.05, 0) is 31.0 Å². The van der Waals surface area contributed by atoms with Gasteiger partial charge in [-0.3, -0.25) is 9.59 Å². The van der Waals surface area contributed by atoms with Crippen molar-refractivity contribution in [2.24, 2.45) is 0 Å². The highest BCUT2D eigenvalue weighted by molar-refractivity contribution is 5.97. The molecule has 2 aromatic rings. The lowest BCUT2D eigenvalue weighted by Gasteiger charge is -2.18. The molecular weight excluding hydrogens is 330 g/mol. The topological polar surface area (TPSA) is 64.6 Å². The van der Waals surface area contributed by atoms with Gasteiger partial charge in [0.2, 0.25) is 5.91 Å². The van der Waals surface area contributed by atoms with Crippen molar-refractivity contribution in [1.82, 2.24) is 5.32 Å². The van der Waals surface area contributed by atoms with E-state index in [0.29, 0.717) is 31.7 Å². The highest BCUT2D eigenvalue weighted by Crippen LogP contribution is 2.30.